The van der Waals surface area contributed by atoms with Crippen molar-refractivity contribution in [2.24, 2.45) is 0 Å². The summed E-state index contributed by atoms with van der Waals surface area (Å²) in [4.78, 5) is 28.0. The molecular formula is C26H22N2O4. The van der Waals surface area contributed by atoms with Crippen molar-refractivity contribution in [3.05, 3.63) is 95.7 Å². The second-order valence-electron chi connectivity index (χ2n) is 8.13. The van der Waals surface area contributed by atoms with Crippen LogP contribution in [0.5, 0.6) is 0 Å². The fourth-order valence-corrected chi connectivity index (χ4v) is 4.56. The Kier molecular flexibility index (Phi) is 4.70. The summed E-state index contributed by atoms with van der Waals surface area (Å²) in [5, 5.41) is 13.3. The van der Waals surface area contributed by atoms with Crippen LogP contribution in [0.4, 0.5) is 4.79 Å². The zero-order valence-electron chi connectivity index (χ0n) is 17.5. The van der Waals surface area contributed by atoms with Crippen LogP contribution in [-0.2, 0) is 15.1 Å². The van der Waals surface area contributed by atoms with Gasteiger partial charge >= 0.3 is 12.1 Å². The van der Waals surface area contributed by atoms with Crippen LogP contribution in [0.1, 0.15) is 29.5 Å². The van der Waals surface area contributed by atoms with Crippen molar-refractivity contribution in [3.8, 4) is 11.1 Å². The highest BCUT2D eigenvalue weighted by Gasteiger charge is 2.40. The number of fused-ring (bicyclic) bond motifs is 4. The number of carbonyl (C=O) groups excluding carboxylic acids is 1. The zero-order chi connectivity index (χ0) is 22.3. The van der Waals surface area contributed by atoms with Gasteiger partial charge in [0, 0.05) is 28.6 Å². The van der Waals surface area contributed by atoms with E-state index in [1.54, 1.807) is 6.20 Å². The van der Waals surface area contributed by atoms with Gasteiger partial charge in [-0.1, -0.05) is 66.7 Å². The molecule has 0 bridgehead atoms. The molecular weight excluding hydrogens is 404 g/mol. The summed E-state index contributed by atoms with van der Waals surface area (Å²) < 4.78 is 5.57. The number of aliphatic carboxylic acids is 1. The lowest BCUT2D eigenvalue weighted by Crippen LogP contribution is -2.49. The fraction of sp³-hybridized carbons (Fsp3) is 0.154. The van der Waals surface area contributed by atoms with Crippen LogP contribution < -0.4 is 5.32 Å². The minimum atomic E-state index is -1.65. The number of ether oxygens (including phenoxy) is 1. The van der Waals surface area contributed by atoms with Gasteiger partial charge in [-0.25, -0.2) is 9.59 Å². The lowest BCUT2D eigenvalue weighted by molar-refractivity contribution is -0.144. The second-order valence-corrected chi connectivity index (χ2v) is 8.13. The number of nitrogens with one attached hydrogen (secondary N) is 2. The molecule has 4 aromatic rings. The summed E-state index contributed by atoms with van der Waals surface area (Å²) in [6.07, 6.45) is 0.838. The number of alkyl carbamates (subject to hydrolysis) is 1. The Morgan fingerprint density at radius 1 is 0.969 bits per heavy atom. The van der Waals surface area contributed by atoms with E-state index in [9.17, 15) is 14.7 Å². The van der Waals surface area contributed by atoms with Crippen molar-refractivity contribution in [1.29, 1.82) is 0 Å². The molecule has 6 heteroatoms. The number of carboxylic acid groups (broad SMARTS) is 1. The quantitative estimate of drug-likeness (QED) is 0.419. The fourth-order valence-electron chi connectivity index (χ4n) is 4.56. The van der Waals surface area contributed by atoms with E-state index >= 15 is 0 Å². The summed E-state index contributed by atoms with van der Waals surface area (Å²) in [5.74, 6) is -1.27. The van der Waals surface area contributed by atoms with Crippen molar-refractivity contribution >= 4 is 23.0 Å². The lowest BCUT2D eigenvalue weighted by atomic mass is 9.92. The molecule has 0 unspecified atom stereocenters. The van der Waals surface area contributed by atoms with Gasteiger partial charge in [-0.2, -0.15) is 0 Å². The minimum Gasteiger partial charge on any atom is -0.479 e. The van der Waals surface area contributed by atoms with Crippen molar-refractivity contribution in [2.75, 3.05) is 6.61 Å². The molecule has 1 atom stereocenters. The van der Waals surface area contributed by atoms with Crippen LogP contribution in [0, 0.1) is 0 Å². The van der Waals surface area contributed by atoms with Crippen LogP contribution in [0.25, 0.3) is 22.0 Å². The topological polar surface area (TPSA) is 91.4 Å². The number of rotatable bonds is 5. The molecule has 6 nitrogen and oxygen atoms in total. The molecule has 0 fully saturated rings. The summed E-state index contributed by atoms with van der Waals surface area (Å²) in [5.41, 5.74) is 4.07. The molecule has 1 amide bonds. The molecule has 160 valence electrons. The van der Waals surface area contributed by atoms with E-state index in [0.717, 1.165) is 33.2 Å². The monoisotopic (exact) mass is 426 g/mol. The van der Waals surface area contributed by atoms with Gasteiger partial charge < -0.3 is 20.1 Å². The number of aromatic nitrogens is 1. The molecule has 0 saturated carbocycles. The molecule has 1 aliphatic carbocycles. The lowest BCUT2D eigenvalue weighted by Gasteiger charge is -2.26. The van der Waals surface area contributed by atoms with E-state index in [4.69, 9.17) is 4.74 Å². The van der Waals surface area contributed by atoms with Crippen LogP contribution in [0.2, 0.25) is 0 Å². The second kappa shape index (κ2) is 7.57. The largest absolute Gasteiger partial charge is 0.479 e. The third kappa shape index (κ3) is 3.12. The molecule has 1 aromatic heterocycles. The van der Waals surface area contributed by atoms with E-state index in [1.165, 1.54) is 6.92 Å². The van der Waals surface area contributed by atoms with Gasteiger partial charge in [0.2, 0.25) is 0 Å². The van der Waals surface area contributed by atoms with E-state index in [-0.39, 0.29) is 12.5 Å². The number of benzene rings is 3. The van der Waals surface area contributed by atoms with Gasteiger partial charge in [-0.05, 0) is 35.2 Å². The maximum Gasteiger partial charge on any atom is 0.408 e. The minimum absolute atomic E-state index is 0.0997. The Morgan fingerprint density at radius 3 is 2.22 bits per heavy atom. The average molecular weight is 426 g/mol. The average Bonchev–Trinajstić information content (AvgIpc) is 3.37. The van der Waals surface area contributed by atoms with Gasteiger partial charge in [0.1, 0.15) is 6.61 Å². The van der Waals surface area contributed by atoms with E-state index in [1.807, 2.05) is 60.7 Å². The first kappa shape index (κ1) is 19.9. The van der Waals surface area contributed by atoms with Crippen LogP contribution in [0.15, 0.2) is 79.0 Å². The van der Waals surface area contributed by atoms with Crippen molar-refractivity contribution in [2.45, 2.75) is 18.4 Å². The first-order valence-corrected chi connectivity index (χ1v) is 10.4. The number of hydrogen-bond acceptors (Lipinski definition) is 3. The molecule has 5 rings (SSSR count). The highest BCUT2D eigenvalue weighted by Crippen LogP contribution is 2.44. The number of aromatic amines is 1. The predicted molar refractivity (Wildman–Crippen MR) is 121 cm³/mol. The number of amides is 1. The normalized spacial score (nSPS) is 14.4. The summed E-state index contributed by atoms with van der Waals surface area (Å²) in [6, 6.07) is 23.5. The van der Waals surface area contributed by atoms with E-state index < -0.39 is 17.6 Å². The van der Waals surface area contributed by atoms with Crippen LogP contribution in [-0.4, -0.2) is 28.8 Å². The predicted octanol–water partition coefficient (Wildman–Crippen LogP) is 5.01. The first-order chi connectivity index (χ1) is 15.5. The molecule has 3 N–H and O–H groups in total. The molecule has 0 aliphatic heterocycles. The third-order valence-electron chi connectivity index (χ3n) is 6.25. The maximum atomic E-state index is 12.8. The van der Waals surface area contributed by atoms with Gasteiger partial charge in [0.25, 0.3) is 0 Å². The van der Waals surface area contributed by atoms with Gasteiger partial charge in [0.15, 0.2) is 5.54 Å². The molecule has 0 saturated heterocycles. The van der Waals surface area contributed by atoms with Crippen LogP contribution >= 0.6 is 0 Å². The number of para-hydroxylation sites is 1. The van der Waals surface area contributed by atoms with Gasteiger partial charge in [0.05, 0.1) is 0 Å². The third-order valence-corrected chi connectivity index (χ3v) is 6.25. The number of hydrogen-bond donors (Lipinski definition) is 3. The standard InChI is InChI=1S/C26H22N2O4/c1-26(24(29)30,22-14-27-23-13-7-6-12-20(22)23)28-25(31)32-15-21-18-10-4-2-8-16(18)17-9-3-5-11-19(17)21/h2-14,21,27H,15H2,1H3,(H,28,31)(H,29,30)/t26-/m1/s1. The summed E-state index contributed by atoms with van der Waals surface area (Å²) in [6.45, 7) is 1.58. The van der Waals surface area contributed by atoms with Gasteiger partial charge in [-0.15, -0.1) is 0 Å². The maximum absolute atomic E-state index is 12.8. The highest BCUT2D eigenvalue weighted by atomic mass is 16.5. The van der Waals surface area contributed by atoms with Crippen molar-refractivity contribution in [3.63, 3.8) is 0 Å². The van der Waals surface area contributed by atoms with E-state index in [0.29, 0.717) is 5.56 Å². The van der Waals surface area contributed by atoms with Crippen molar-refractivity contribution in [1.82, 2.24) is 10.3 Å². The Hall–Kier alpha value is -4.06. The Bertz CT molecular complexity index is 1300. The van der Waals surface area contributed by atoms with Crippen molar-refractivity contribution < 1.29 is 19.4 Å². The molecule has 1 heterocycles. The Morgan fingerprint density at radius 2 is 1.56 bits per heavy atom. The molecule has 32 heavy (non-hydrogen) atoms. The molecule has 0 spiro atoms. The van der Waals surface area contributed by atoms with E-state index in [2.05, 4.69) is 22.4 Å². The first-order valence-electron chi connectivity index (χ1n) is 10.4. The van der Waals surface area contributed by atoms with Gasteiger partial charge in [-0.3, -0.25) is 0 Å². The number of carboxylic acids is 1. The summed E-state index contributed by atoms with van der Waals surface area (Å²) >= 11 is 0. The Balaban J connectivity index is 1.38. The van der Waals surface area contributed by atoms with Crippen LogP contribution in [0.3, 0.4) is 0 Å². The Labute approximate surface area is 184 Å². The SMILES string of the molecule is C[C@](NC(=O)OCC1c2ccccc2-c2ccccc21)(C(=O)O)c1c[nH]c2ccccc12. The number of H-pyrrole nitrogens is 1. The molecule has 0 radical (unpaired) electrons. The highest BCUT2D eigenvalue weighted by molar-refractivity contribution is 5.93. The number of carbonyl (C=O) groups is 2. The zero-order valence-corrected chi connectivity index (χ0v) is 17.5. The molecule has 1 aliphatic rings. The molecule has 3 aromatic carbocycles. The summed E-state index contributed by atoms with van der Waals surface area (Å²) in [7, 11) is 0. The smallest absolute Gasteiger partial charge is 0.408 e.